The van der Waals surface area contributed by atoms with Crippen LogP contribution in [0.2, 0.25) is 0 Å². The fraction of sp³-hybridized carbons (Fsp3) is 0.667. The lowest BCUT2D eigenvalue weighted by Crippen LogP contribution is -2.44. The third-order valence-corrected chi connectivity index (χ3v) is 2.80. The molecule has 0 amide bonds. The zero-order valence-electron chi connectivity index (χ0n) is 13.8. The second-order valence-electron chi connectivity index (χ2n) is 6.03. The quantitative estimate of drug-likeness (QED) is 0.414. The fourth-order valence-corrected chi connectivity index (χ4v) is 2.14. The van der Waals surface area contributed by atoms with Crippen LogP contribution < -0.4 is 10.6 Å². The summed E-state index contributed by atoms with van der Waals surface area (Å²) in [6, 6.07) is 3.81. The van der Waals surface area contributed by atoms with Gasteiger partial charge in [0.25, 0.3) is 0 Å². The molecule has 0 aliphatic rings. The Morgan fingerprint density at radius 1 is 1.33 bits per heavy atom. The molecule has 0 spiro atoms. The smallest absolute Gasteiger partial charge is 0.191 e. The molecule has 0 aliphatic carbocycles. The molecule has 6 heteroatoms. The van der Waals surface area contributed by atoms with Crippen LogP contribution in [0.1, 0.15) is 26.5 Å². The summed E-state index contributed by atoms with van der Waals surface area (Å²) in [5.74, 6) is 1.70. The number of hydrogen-bond donors (Lipinski definition) is 2. The summed E-state index contributed by atoms with van der Waals surface area (Å²) < 4.78 is 5.29. The van der Waals surface area contributed by atoms with Crippen LogP contribution in [0.15, 0.2) is 27.8 Å². The zero-order valence-corrected chi connectivity index (χ0v) is 16.1. The first kappa shape index (κ1) is 20.2. The summed E-state index contributed by atoms with van der Waals surface area (Å²) in [6.45, 7) is 9.85. The second-order valence-corrected chi connectivity index (χ2v) is 6.03. The number of nitrogens with zero attached hydrogens (tertiary/aromatic N) is 2. The molecule has 0 atom stereocenters. The van der Waals surface area contributed by atoms with Gasteiger partial charge in [0.2, 0.25) is 0 Å². The molecule has 0 saturated carbocycles. The Labute approximate surface area is 145 Å². The highest BCUT2D eigenvalue weighted by Crippen LogP contribution is 2.14. The van der Waals surface area contributed by atoms with Gasteiger partial charge in [-0.05, 0) is 38.6 Å². The van der Waals surface area contributed by atoms with Gasteiger partial charge < -0.3 is 20.0 Å². The number of halogens is 1. The van der Waals surface area contributed by atoms with Crippen molar-refractivity contribution in [3.05, 3.63) is 24.2 Å². The van der Waals surface area contributed by atoms with Crippen molar-refractivity contribution in [2.75, 3.05) is 33.7 Å². The predicted molar refractivity (Wildman–Crippen MR) is 99.3 cm³/mol. The highest BCUT2D eigenvalue weighted by Gasteiger charge is 2.19. The number of nitrogens with one attached hydrogen (secondary N) is 2. The van der Waals surface area contributed by atoms with E-state index in [4.69, 9.17) is 4.42 Å². The van der Waals surface area contributed by atoms with Crippen LogP contribution in [0.3, 0.4) is 0 Å². The largest absolute Gasteiger partial charge is 0.467 e. The van der Waals surface area contributed by atoms with E-state index in [2.05, 4.69) is 55.4 Å². The van der Waals surface area contributed by atoms with E-state index in [1.54, 1.807) is 6.26 Å². The molecule has 0 radical (unpaired) electrons. The zero-order chi connectivity index (χ0) is 15.0. The Morgan fingerprint density at radius 2 is 2.05 bits per heavy atom. The maximum Gasteiger partial charge on any atom is 0.191 e. The summed E-state index contributed by atoms with van der Waals surface area (Å²) in [5.41, 5.74) is 0.185. The van der Waals surface area contributed by atoms with Gasteiger partial charge in [-0.1, -0.05) is 13.8 Å². The molecule has 0 aliphatic heterocycles. The van der Waals surface area contributed by atoms with Gasteiger partial charge in [-0.2, -0.15) is 0 Å². The molecular weight excluding hydrogens is 379 g/mol. The van der Waals surface area contributed by atoms with Crippen molar-refractivity contribution >= 4 is 29.9 Å². The molecule has 1 aromatic rings. The molecule has 1 heterocycles. The first-order valence-electron chi connectivity index (χ1n) is 7.12. The Morgan fingerprint density at radius 3 is 2.57 bits per heavy atom. The predicted octanol–water partition coefficient (Wildman–Crippen LogP) is 2.54. The SMILES string of the molecule is CCNC(=NCc1ccco1)NCC(C)(C)CN(C)C.I. The lowest BCUT2D eigenvalue weighted by atomic mass is 9.93. The van der Waals surface area contributed by atoms with Crippen molar-refractivity contribution in [1.29, 1.82) is 0 Å². The summed E-state index contributed by atoms with van der Waals surface area (Å²) in [5, 5.41) is 6.65. The number of hydrogen-bond acceptors (Lipinski definition) is 3. The molecule has 5 nitrogen and oxygen atoms in total. The lowest BCUT2D eigenvalue weighted by Gasteiger charge is -2.29. The van der Waals surface area contributed by atoms with E-state index in [1.807, 2.05) is 12.1 Å². The van der Waals surface area contributed by atoms with Crippen LogP contribution in [0, 0.1) is 5.41 Å². The Bertz CT molecular complexity index is 402. The van der Waals surface area contributed by atoms with Crippen LogP contribution >= 0.6 is 24.0 Å². The minimum absolute atomic E-state index is 0. The van der Waals surface area contributed by atoms with Gasteiger partial charge in [-0.3, -0.25) is 0 Å². The van der Waals surface area contributed by atoms with Crippen molar-refractivity contribution < 1.29 is 4.42 Å². The lowest BCUT2D eigenvalue weighted by molar-refractivity contribution is 0.241. The van der Waals surface area contributed by atoms with Gasteiger partial charge in [-0.25, -0.2) is 4.99 Å². The normalized spacial score (nSPS) is 12.2. The van der Waals surface area contributed by atoms with E-state index in [1.165, 1.54) is 0 Å². The van der Waals surface area contributed by atoms with Gasteiger partial charge in [0.15, 0.2) is 5.96 Å². The van der Waals surface area contributed by atoms with Crippen LogP contribution in [0.4, 0.5) is 0 Å². The molecule has 1 aromatic heterocycles. The maximum absolute atomic E-state index is 5.29. The number of guanidine groups is 1. The molecule has 0 unspecified atom stereocenters. The highest BCUT2D eigenvalue weighted by atomic mass is 127. The van der Waals surface area contributed by atoms with Gasteiger partial charge in [0, 0.05) is 19.6 Å². The first-order chi connectivity index (χ1) is 9.43. The number of furan rings is 1. The summed E-state index contributed by atoms with van der Waals surface area (Å²) in [7, 11) is 4.19. The minimum Gasteiger partial charge on any atom is -0.467 e. The molecular formula is C15H29IN4O. The van der Waals surface area contributed by atoms with Gasteiger partial charge >= 0.3 is 0 Å². The third kappa shape index (κ3) is 8.98. The summed E-state index contributed by atoms with van der Waals surface area (Å²) in [4.78, 5) is 6.73. The van der Waals surface area contributed by atoms with Gasteiger partial charge in [-0.15, -0.1) is 24.0 Å². The van der Waals surface area contributed by atoms with E-state index < -0.39 is 0 Å². The number of rotatable bonds is 7. The molecule has 0 bridgehead atoms. The van der Waals surface area contributed by atoms with E-state index in [0.29, 0.717) is 6.54 Å². The molecule has 1 rings (SSSR count). The average molecular weight is 408 g/mol. The van der Waals surface area contributed by atoms with Crippen molar-refractivity contribution in [3.8, 4) is 0 Å². The van der Waals surface area contributed by atoms with Crippen molar-refractivity contribution in [1.82, 2.24) is 15.5 Å². The van der Waals surface area contributed by atoms with E-state index in [-0.39, 0.29) is 29.4 Å². The Hall–Kier alpha value is -0.760. The van der Waals surface area contributed by atoms with E-state index >= 15 is 0 Å². The standard InChI is InChI=1S/C15H28N4O.HI/c1-6-16-14(17-10-13-8-7-9-20-13)18-11-15(2,3)12-19(4)5;/h7-9H,6,10-12H2,1-5H3,(H2,16,17,18);1H. The van der Waals surface area contributed by atoms with Crippen LogP contribution in [0.25, 0.3) is 0 Å². The molecule has 0 saturated heterocycles. The highest BCUT2D eigenvalue weighted by molar-refractivity contribution is 14.0. The van der Waals surface area contributed by atoms with Crippen molar-refractivity contribution in [2.24, 2.45) is 10.4 Å². The van der Waals surface area contributed by atoms with E-state index in [9.17, 15) is 0 Å². The van der Waals surface area contributed by atoms with Gasteiger partial charge in [0.05, 0.1) is 6.26 Å². The second kappa shape index (κ2) is 10.0. The van der Waals surface area contributed by atoms with E-state index in [0.717, 1.165) is 31.4 Å². The summed E-state index contributed by atoms with van der Waals surface area (Å²) >= 11 is 0. The van der Waals surface area contributed by atoms with Crippen molar-refractivity contribution in [2.45, 2.75) is 27.3 Å². The Balaban J connectivity index is 0.00000400. The Kier molecular flexibility index (Phi) is 9.68. The maximum atomic E-state index is 5.29. The van der Waals surface area contributed by atoms with Crippen LogP contribution in [-0.2, 0) is 6.54 Å². The monoisotopic (exact) mass is 408 g/mol. The molecule has 2 N–H and O–H groups in total. The molecule has 122 valence electrons. The summed E-state index contributed by atoms with van der Waals surface area (Å²) in [6.07, 6.45) is 1.67. The first-order valence-corrected chi connectivity index (χ1v) is 7.12. The fourth-order valence-electron chi connectivity index (χ4n) is 2.14. The molecule has 0 aromatic carbocycles. The van der Waals surface area contributed by atoms with Crippen molar-refractivity contribution in [3.63, 3.8) is 0 Å². The van der Waals surface area contributed by atoms with Crippen LogP contribution in [0.5, 0.6) is 0 Å². The third-order valence-electron chi connectivity index (χ3n) is 2.80. The molecule has 0 fully saturated rings. The average Bonchev–Trinajstić information content (AvgIpc) is 2.84. The van der Waals surface area contributed by atoms with Crippen LogP contribution in [-0.4, -0.2) is 44.6 Å². The minimum atomic E-state index is 0. The molecule has 21 heavy (non-hydrogen) atoms. The topological polar surface area (TPSA) is 52.8 Å². The van der Waals surface area contributed by atoms with Gasteiger partial charge in [0.1, 0.15) is 12.3 Å². The number of aliphatic imine (C=N–C) groups is 1.